The fourth-order valence-electron chi connectivity index (χ4n) is 3.14. The largest absolute Gasteiger partial charge is 0.508 e. The third-order valence-electron chi connectivity index (χ3n) is 4.34. The SMILES string of the molecule is CC(=O)C(=O)N(C)OC1(O)c2c(O)cc(O)cc2COC1c1ccc(Cl)cc1. The van der Waals surface area contributed by atoms with Crippen molar-refractivity contribution in [2.45, 2.75) is 25.4 Å². The summed E-state index contributed by atoms with van der Waals surface area (Å²) in [6.45, 7) is 1.00. The molecule has 2 unspecified atom stereocenters. The Hall–Kier alpha value is -2.65. The Balaban J connectivity index is 2.13. The van der Waals surface area contributed by atoms with Gasteiger partial charge in [-0.25, -0.2) is 9.90 Å². The molecule has 0 fully saturated rings. The van der Waals surface area contributed by atoms with E-state index in [9.17, 15) is 24.9 Å². The highest BCUT2D eigenvalue weighted by Gasteiger charge is 2.50. The molecule has 0 aliphatic carbocycles. The van der Waals surface area contributed by atoms with Crippen molar-refractivity contribution in [2.75, 3.05) is 7.05 Å². The third-order valence-corrected chi connectivity index (χ3v) is 4.59. The number of carbonyl (C=O) groups is 2. The van der Waals surface area contributed by atoms with Gasteiger partial charge in [0.2, 0.25) is 5.78 Å². The molecule has 8 nitrogen and oxygen atoms in total. The van der Waals surface area contributed by atoms with Crippen LogP contribution in [0.15, 0.2) is 36.4 Å². The average Bonchev–Trinajstić information content (AvgIpc) is 2.61. The number of rotatable bonds is 4. The topological polar surface area (TPSA) is 117 Å². The number of hydroxylamine groups is 2. The Bertz CT molecular complexity index is 931. The number of hydrogen-bond acceptors (Lipinski definition) is 7. The number of hydrogen-bond donors (Lipinski definition) is 3. The fourth-order valence-corrected chi connectivity index (χ4v) is 3.26. The minimum atomic E-state index is -2.38. The Labute approximate surface area is 165 Å². The van der Waals surface area contributed by atoms with Gasteiger partial charge < -0.3 is 20.1 Å². The minimum Gasteiger partial charge on any atom is -0.508 e. The van der Waals surface area contributed by atoms with Crippen LogP contribution in [0.4, 0.5) is 0 Å². The summed E-state index contributed by atoms with van der Waals surface area (Å²) in [7, 11) is 1.16. The zero-order chi connectivity index (χ0) is 20.6. The average molecular weight is 408 g/mol. The van der Waals surface area contributed by atoms with Gasteiger partial charge in [0, 0.05) is 25.1 Å². The molecule has 0 radical (unpaired) electrons. The molecular weight excluding hydrogens is 390 g/mol. The minimum absolute atomic E-state index is 0.0549. The summed E-state index contributed by atoms with van der Waals surface area (Å²) in [6.07, 6.45) is -1.17. The van der Waals surface area contributed by atoms with Crippen LogP contribution in [0.2, 0.25) is 5.02 Å². The maximum atomic E-state index is 12.0. The molecular formula is C19H18ClNO7. The normalized spacial score (nSPS) is 21.1. The highest BCUT2D eigenvalue weighted by atomic mass is 35.5. The van der Waals surface area contributed by atoms with Crippen LogP contribution in [0.1, 0.15) is 29.7 Å². The molecule has 2 aromatic carbocycles. The van der Waals surface area contributed by atoms with Crippen LogP contribution in [0.5, 0.6) is 11.5 Å². The number of halogens is 1. The summed E-state index contributed by atoms with van der Waals surface area (Å²) in [4.78, 5) is 28.8. The van der Waals surface area contributed by atoms with E-state index in [1.807, 2.05) is 0 Å². The van der Waals surface area contributed by atoms with E-state index in [0.717, 1.165) is 20.0 Å². The molecule has 28 heavy (non-hydrogen) atoms. The number of carbonyl (C=O) groups excluding carboxylic acids is 2. The van der Waals surface area contributed by atoms with Crippen molar-refractivity contribution in [3.8, 4) is 11.5 Å². The molecule has 1 aliphatic rings. The van der Waals surface area contributed by atoms with E-state index in [1.165, 1.54) is 6.07 Å². The molecule has 1 heterocycles. The third kappa shape index (κ3) is 3.55. The first-order chi connectivity index (χ1) is 13.1. The molecule has 2 atom stereocenters. The van der Waals surface area contributed by atoms with Crippen molar-refractivity contribution in [1.82, 2.24) is 5.06 Å². The second-order valence-electron chi connectivity index (χ2n) is 6.39. The van der Waals surface area contributed by atoms with E-state index in [-0.39, 0.29) is 23.5 Å². The lowest BCUT2D eigenvalue weighted by Crippen LogP contribution is -2.48. The zero-order valence-electron chi connectivity index (χ0n) is 15.0. The highest BCUT2D eigenvalue weighted by Crippen LogP contribution is 2.49. The van der Waals surface area contributed by atoms with E-state index < -0.39 is 29.3 Å². The Morgan fingerprint density at radius 1 is 1.25 bits per heavy atom. The monoisotopic (exact) mass is 407 g/mol. The lowest BCUT2D eigenvalue weighted by Gasteiger charge is -2.42. The molecule has 0 aromatic heterocycles. The maximum Gasteiger partial charge on any atom is 0.313 e. The van der Waals surface area contributed by atoms with Crippen LogP contribution < -0.4 is 0 Å². The van der Waals surface area contributed by atoms with Gasteiger partial charge >= 0.3 is 5.91 Å². The van der Waals surface area contributed by atoms with Gasteiger partial charge in [-0.2, -0.15) is 0 Å². The van der Waals surface area contributed by atoms with Gasteiger partial charge in [0.05, 0.1) is 12.2 Å². The second-order valence-corrected chi connectivity index (χ2v) is 6.82. The standard InChI is InChI=1S/C19H18ClNO7/c1-10(22)18(25)21(2)28-19(26)16-12(7-14(23)8-15(16)24)9-27-17(19)11-3-5-13(20)6-4-11/h3-8,17,23-24,26H,9H2,1-2H3. The van der Waals surface area contributed by atoms with E-state index in [1.54, 1.807) is 24.3 Å². The number of likely N-dealkylation sites (N-methyl/N-ethyl adjacent to an activating group) is 1. The molecule has 0 saturated carbocycles. The number of Topliss-reactive ketones (excluding diaryl/α,β-unsaturated/α-hetero) is 1. The number of phenolic OH excluding ortho intramolecular Hbond substituents is 2. The molecule has 1 aliphatic heterocycles. The second kappa shape index (κ2) is 7.40. The molecule has 0 spiro atoms. The van der Waals surface area contributed by atoms with Crippen LogP contribution >= 0.6 is 11.6 Å². The number of ketones is 1. The number of fused-ring (bicyclic) bond motifs is 1. The van der Waals surface area contributed by atoms with E-state index in [4.69, 9.17) is 21.2 Å². The van der Waals surface area contributed by atoms with Gasteiger partial charge in [0.1, 0.15) is 17.6 Å². The van der Waals surface area contributed by atoms with Crippen LogP contribution in [0.25, 0.3) is 0 Å². The Morgan fingerprint density at radius 2 is 1.89 bits per heavy atom. The fraction of sp³-hybridized carbons (Fsp3) is 0.263. The molecule has 148 valence electrons. The zero-order valence-corrected chi connectivity index (χ0v) is 15.8. The van der Waals surface area contributed by atoms with Crippen molar-refractivity contribution in [3.63, 3.8) is 0 Å². The Kier molecular flexibility index (Phi) is 5.31. The van der Waals surface area contributed by atoms with Gasteiger partial charge in [0.15, 0.2) is 0 Å². The van der Waals surface area contributed by atoms with Crippen molar-refractivity contribution < 1.29 is 34.5 Å². The van der Waals surface area contributed by atoms with Gasteiger partial charge in [-0.15, -0.1) is 0 Å². The molecule has 0 bridgehead atoms. The predicted octanol–water partition coefficient (Wildman–Crippen LogP) is 2.15. The smallest absolute Gasteiger partial charge is 0.313 e. The number of phenols is 2. The first-order valence-electron chi connectivity index (χ1n) is 8.26. The van der Waals surface area contributed by atoms with Crippen molar-refractivity contribution >= 4 is 23.3 Å². The molecule has 3 N–H and O–H groups in total. The number of aromatic hydroxyl groups is 2. The predicted molar refractivity (Wildman–Crippen MR) is 97.2 cm³/mol. The summed E-state index contributed by atoms with van der Waals surface area (Å²) in [5, 5.41) is 32.6. The molecule has 2 aromatic rings. The number of benzene rings is 2. The van der Waals surface area contributed by atoms with Gasteiger partial charge in [-0.05, 0) is 29.3 Å². The first kappa shape index (κ1) is 20.1. The van der Waals surface area contributed by atoms with Crippen LogP contribution in [-0.2, 0) is 31.6 Å². The Morgan fingerprint density at radius 3 is 2.50 bits per heavy atom. The van der Waals surface area contributed by atoms with E-state index in [2.05, 4.69) is 0 Å². The lowest BCUT2D eigenvalue weighted by molar-refractivity contribution is -0.364. The van der Waals surface area contributed by atoms with Crippen LogP contribution in [0, 0.1) is 0 Å². The lowest BCUT2D eigenvalue weighted by atomic mass is 9.88. The molecule has 1 amide bonds. The molecule has 9 heteroatoms. The summed E-state index contributed by atoms with van der Waals surface area (Å²) in [5.74, 6) is -4.88. The highest BCUT2D eigenvalue weighted by molar-refractivity contribution is 6.34. The van der Waals surface area contributed by atoms with Gasteiger partial charge in [0.25, 0.3) is 5.79 Å². The quantitative estimate of drug-likeness (QED) is 0.404. The van der Waals surface area contributed by atoms with Crippen LogP contribution in [-0.4, -0.2) is 39.1 Å². The number of amides is 1. The summed E-state index contributed by atoms with van der Waals surface area (Å²) >= 11 is 5.91. The van der Waals surface area contributed by atoms with Crippen molar-refractivity contribution in [2.24, 2.45) is 0 Å². The first-order valence-corrected chi connectivity index (χ1v) is 8.63. The summed E-state index contributed by atoms with van der Waals surface area (Å²) in [5.41, 5.74) is 0.627. The van der Waals surface area contributed by atoms with Crippen molar-refractivity contribution in [1.29, 1.82) is 0 Å². The van der Waals surface area contributed by atoms with Crippen LogP contribution in [0.3, 0.4) is 0 Å². The van der Waals surface area contributed by atoms with Gasteiger partial charge in [-0.3, -0.25) is 9.59 Å². The van der Waals surface area contributed by atoms with E-state index >= 15 is 0 Å². The summed E-state index contributed by atoms with van der Waals surface area (Å²) < 4.78 is 5.73. The maximum absolute atomic E-state index is 12.0. The van der Waals surface area contributed by atoms with E-state index in [0.29, 0.717) is 15.6 Å². The molecule has 0 saturated heterocycles. The van der Waals surface area contributed by atoms with Crippen molar-refractivity contribution in [3.05, 3.63) is 58.1 Å². The number of nitrogens with zero attached hydrogens (tertiary/aromatic N) is 1. The number of ether oxygens (including phenoxy) is 1. The summed E-state index contributed by atoms with van der Waals surface area (Å²) in [6, 6.07) is 8.68. The number of aliphatic hydroxyl groups is 1. The van der Waals surface area contributed by atoms with Gasteiger partial charge in [-0.1, -0.05) is 23.7 Å². The molecule has 3 rings (SSSR count).